The first-order valence-electron chi connectivity index (χ1n) is 5.83. The third-order valence-corrected chi connectivity index (χ3v) is 3.43. The Morgan fingerprint density at radius 3 is 2.69 bits per heavy atom. The van der Waals surface area contributed by atoms with Gasteiger partial charge in [0.1, 0.15) is 12.0 Å². The van der Waals surface area contributed by atoms with Gasteiger partial charge in [0.2, 0.25) is 0 Å². The van der Waals surface area contributed by atoms with Crippen LogP contribution in [0.25, 0.3) is 0 Å². The molecule has 2 atom stereocenters. The van der Waals surface area contributed by atoms with E-state index in [9.17, 15) is 0 Å². The summed E-state index contributed by atoms with van der Waals surface area (Å²) < 4.78 is 6.47. The average Bonchev–Trinajstić information content (AvgIpc) is 2.70. The topological polar surface area (TPSA) is 36.9 Å². The van der Waals surface area contributed by atoms with Crippen molar-refractivity contribution < 1.29 is 4.42 Å². The van der Waals surface area contributed by atoms with Crippen LogP contribution in [-0.2, 0) is 0 Å². The molecule has 1 aromatic heterocycles. The number of hydrogen-bond acceptors (Lipinski definition) is 2. The lowest BCUT2D eigenvalue weighted by atomic mass is 9.83. The molecule has 1 heterocycles. The number of furan rings is 1. The Labute approximate surface area is 106 Å². The molecular weight excluding hydrogens is 266 g/mol. The molecule has 0 radical (unpaired) electrons. The maximum atomic E-state index is 8.91. The molecule has 0 saturated heterocycles. The Morgan fingerprint density at radius 2 is 2.25 bits per heavy atom. The van der Waals surface area contributed by atoms with Crippen LogP contribution < -0.4 is 0 Å². The second-order valence-electron chi connectivity index (χ2n) is 4.09. The number of hydrogen-bond donors (Lipinski definition) is 0. The molecule has 0 aromatic carbocycles. The Balaban J connectivity index is 2.85. The SMILES string of the molecule is CCCC(CC)C(CC#N)c1cc(Br)co1. The summed E-state index contributed by atoms with van der Waals surface area (Å²) in [6, 6.07) is 4.26. The quantitative estimate of drug-likeness (QED) is 0.747. The Kier molecular flexibility index (Phi) is 5.62. The van der Waals surface area contributed by atoms with E-state index in [4.69, 9.17) is 9.68 Å². The van der Waals surface area contributed by atoms with E-state index in [-0.39, 0.29) is 5.92 Å². The van der Waals surface area contributed by atoms with Crippen LogP contribution in [0.1, 0.15) is 51.2 Å². The fourth-order valence-electron chi connectivity index (χ4n) is 2.18. The summed E-state index contributed by atoms with van der Waals surface area (Å²) in [7, 11) is 0. The summed E-state index contributed by atoms with van der Waals surface area (Å²) in [6.45, 7) is 4.37. The summed E-state index contributed by atoms with van der Waals surface area (Å²) in [4.78, 5) is 0. The predicted octanol–water partition coefficient (Wildman–Crippen LogP) is 4.87. The van der Waals surface area contributed by atoms with E-state index >= 15 is 0 Å². The van der Waals surface area contributed by atoms with Crippen LogP contribution in [0, 0.1) is 17.2 Å². The zero-order chi connectivity index (χ0) is 12.0. The Bertz CT molecular complexity index is 353. The maximum Gasteiger partial charge on any atom is 0.109 e. The van der Waals surface area contributed by atoms with Crippen molar-refractivity contribution in [2.75, 3.05) is 0 Å². The van der Waals surface area contributed by atoms with E-state index in [1.807, 2.05) is 6.07 Å². The second kappa shape index (κ2) is 6.75. The van der Waals surface area contributed by atoms with Crippen LogP contribution in [0.4, 0.5) is 0 Å². The minimum Gasteiger partial charge on any atom is -0.468 e. The fourth-order valence-corrected chi connectivity index (χ4v) is 2.50. The van der Waals surface area contributed by atoms with Crippen LogP contribution >= 0.6 is 15.9 Å². The van der Waals surface area contributed by atoms with Crippen molar-refractivity contribution >= 4 is 15.9 Å². The molecule has 2 unspecified atom stereocenters. The van der Waals surface area contributed by atoms with E-state index < -0.39 is 0 Å². The molecule has 16 heavy (non-hydrogen) atoms. The van der Waals surface area contributed by atoms with E-state index in [0.717, 1.165) is 29.5 Å². The van der Waals surface area contributed by atoms with Crippen LogP contribution in [-0.4, -0.2) is 0 Å². The molecule has 0 saturated carbocycles. The Morgan fingerprint density at radius 1 is 1.50 bits per heavy atom. The first-order chi connectivity index (χ1) is 7.72. The number of halogens is 1. The molecule has 0 bridgehead atoms. The average molecular weight is 284 g/mol. The number of nitriles is 1. The van der Waals surface area contributed by atoms with Crippen molar-refractivity contribution in [1.82, 2.24) is 0 Å². The molecule has 0 aliphatic rings. The first-order valence-corrected chi connectivity index (χ1v) is 6.63. The highest BCUT2D eigenvalue weighted by atomic mass is 79.9. The molecule has 2 nitrogen and oxygen atoms in total. The van der Waals surface area contributed by atoms with E-state index in [1.165, 1.54) is 0 Å². The lowest BCUT2D eigenvalue weighted by Gasteiger charge is -2.21. The lowest BCUT2D eigenvalue weighted by molar-refractivity contribution is 0.332. The predicted molar refractivity (Wildman–Crippen MR) is 68.1 cm³/mol. The standard InChI is InChI=1S/C13H18BrNO/c1-3-5-10(4-2)12(6-7-15)13-8-11(14)9-16-13/h8-10,12H,3-6H2,1-2H3. The van der Waals surface area contributed by atoms with E-state index in [1.54, 1.807) is 6.26 Å². The molecule has 0 spiro atoms. The van der Waals surface area contributed by atoms with E-state index in [0.29, 0.717) is 12.3 Å². The largest absolute Gasteiger partial charge is 0.468 e. The molecule has 0 N–H and O–H groups in total. The zero-order valence-electron chi connectivity index (χ0n) is 9.87. The van der Waals surface area contributed by atoms with Crippen molar-refractivity contribution in [3.63, 3.8) is 0 Å². The normalized spacial score (nSPS) is 14.4. The van der Waals surface area contributed by atoms with Crippen molar-refractivity contribution in [2.24, 2.45) is 5.92 Å². The van der Waals surface area contributed by atoms with Gasteiger partial charge in [-0.2, -0.15) is 5.26 Å². The Hall–Kier alpha value is -0.750. The summed E-state index contributed by atoms with van der Waals surface area (Å²) >= 11 is 3.38. The summed E-state index contributed by atoms with van der Waals surface area (Å²) in [5, 5.41) is 8.91. The van der Waals surface area contributed by atoms with Crippen LogP contribution in [0.3, 0.4) is 0 Å². The van der Waals surface area contributed by atoms with Gasteiger partial charge in [-0.25, -0.2) is 0 Å². The fraction of sp³-hybridized carbons (Fsp3) is 0.615. The maximum absolute atomic E-state index is 8.91. The third-order valence-electron chi connectivity index (χ3n) is 3.02. The second-order valence-corrected chi connectivity index (χ2v) is 5.01. The van der Waals surface area contributed by atoms with Gasteiger partial charge in [-0.15, -0.1) is 0 Å². The van der Waals surface area contributed by atoms with Crippen LogP contribution in [0.5, 0.6) is 0 Å². The van der Waals surface area contributed by atoms with Crippen molar-refractivity contribution in [3.8, 4) is 6.07 Å². The van der Waals surface area contributed by atoms with Crippen LogP contribution in [0.15, 0.2) is 21.2 Å². The molecule has 0 fully saturated rings. The highest BCUT2D eigenvalue weighted by Gasteiger charge is 2.23. The first kappa shape index (κ1) is 13.3. The highest BCUT2D eigenvalue weighted by molar-refractivity contribution is 9.10. The van der Waals surface area contributed by atoms with Gasteiger partial charge >= 0.3 is 0 Å². The van der Waals surface area contributed by atoms with Crippen molar-refractivity contribution in [1.29, 1.82) is 5.26 Å². The molecule has 88 valence electrons. The highest BCUT2D eigenvalue weighted by Crippen LogP contribution is 2.35. The summed E-state index contributed by atoms with van der Waals surface area (Å²) in [5.74, 6) is 1.72. The van der Waals surface area contributed by atoms with Crippen molar-refractivity contribution in [3.05, 3.63) is 22.6 Å². The van der Waals surface area contributed by atoms with E-state index in [2.05, 4.69) is 35.8 Å². The summed E-state index contributed by atoms with van der Waals surface area (Å²) in [6.07, 6.45) is 5.64. The molecular formula is C13H18BrNO. The van der Waals surface area contributed by atoms with Crippen LogP contribution in [0.2, 0.25) is 0 Å². The molecule has 3 heteroatoms. The molecule has 0 amide bonds. The zero-order valence-corrected chi connectivity index (χ0v) is 11.5. The van der Waals surface area contributed by atoms with Gasteiger partial charge < -0.3 is 4.42 Å². The van der Waals surface area contributed by atoms with Crippen molar-refractivity contribution in [2.45, 2.75) is 45.4 Å². The molecule has 0 aliphatic carbocycles. The van der Waals surface area contributed by atoms with Gasteiger partial charge in [-0.3, -0.25) is 0 Å². The van der Waals surface area contributed by atoms with Gasteiger partial charge in [0.15, 0.2) is 0 Å². The minimum atomic E-state index is 0.237. The summed E-state index contributed by atoms with van der Waals surface area (Å²) in [5.41, 5.74) is 0. The molecule has 1 aromatic rings. The minimum absolute atomic E-state index is 0.237. The molecule has 1 rings (SSSR count). The smallest absolute Gasteiger partial charge is 0.109 e. The third kappa shape index (κ3) is 3.38. The number of nitrogens with zero attached hydrogens (tertiary/aromatic N) is 1. The monoisotopic (exact) mass is 283 g/mol. The number of rotatable bonds is 6. The lowest BCUT2D eigenvalue weighted by Crippen LogP contribution is -2.11. The van der Waals surface area contributed by atoms with Gasteiger partial charge in [0, 0.05) is 12.3 Å². The van der Waals surface area contributed by atoms with Gasteiger partial charge in [-0.1, -0.05) is 26.7 Å². The van der Waals surface area contributed by atoms with Gasteiger partial charge in [0.25, 0.3) is 0 Å². The van der Waals surface area contributed by atoms with Gasteiger partial charge in [-0.05, 0) is 34.3 Å². The molecule has 0 aliphatic heterocycles. The van der Waals surface area contributed by atoms with Gasteiger partial charge in [0.05, 0.1) is 10.5 Å².